The lowest BCUT2D eigenvalue weighted by Gasteiger charge is -2.08. The molecule has 0 aliphatic rings. The van der Waals surface area contributed by atoms with Crippen molar-refractivity contribution in [2.45, 2.75) is 19.4 Å². The van der Waals surface area contributed by atoms with Gasteiger partial charge in [-0.3, -0.25) is 9.59 Å². The lowest BCUT2D eigenvalue weighted by Crippen LogP contribution is -2.32. The van der Waals surface area contributed by atoms with E-state index in [-0.39, 0.29) is 18.2 Å². The van der Waals surface area contributed by atoms with Gasteiger partial charge < -0.3 is 20.1 Å². The zero-order valence-corrected chi connectivity index (χ0v) is 15.1. The van der Waals surface area contributed by atoms with Crippen LogP contribution in [0.5, 0.6) is 11.5 Å². The largest absolute Gasteiger partial charge is 0.497 e. The second kappa shape index (κ2) is 10.1. The number of methoxy groups -OCH3 is 2. The number of benzene rings is 2. The van der Waals surface area contributed by atoms with Crippen LogP contribution in [0.25, 0.3) is 0 Å². The van der Waals surface area contributed by atoms with Gasteiger partial charge in [-0.05, 0) is 41.8 Å². The Bertz CT molecular complexity index is 729. The smallest absolute Gasteiger partial charge is 0.229 e. The van der Waals surface area contributed by atoms with Crippen LogP contribution >= 0.6 is 0 Å². The minimum absolute atomic E-state index is 0.186. The second-order valence-electron chi connectivity index (χ2n) is 5.75. The van der Waals surface area contributed by atoms with E-state index in [0.717, 1.165) is 22.6 Å². The highest BCUT2D eigenvalue weighted by atomic mass is 16.5. The number of carbonyl (C=O) groups excluding carboxylic acids is 2. The first-order chi connectivity index (χ1) is 12.6. The van der Waals surface area contributed by atoms with Crippen LogP contribution in [0, 0.1) is 0 Å². The third-order valence-electron chi connectivity index (χ3n) is 3.84. The van der Waals surface area contributed by atoms with E-state index in [9.17, 15) is 9.59 Å². The molecule has 0 unspecified atom stereocenters. The van der Waals surface area contributed by atoms with Crippen LogP contribution in [0.1, 0.15) is 17.5 Å². The molecule has 0 atom stereocenters. The number of ether oxygens (including phenoxy) is 2. The number of hydrogen-bond acceptors (Lipinski definition) is 4. The van der Waals surface area contributed by atoms with Crippen LogP contribution in [0.4, 0.5) is 0 Å². The summed E-state index contributed by atoms with van der Waals surface area (Å²) >= 11 is 0. The van der Waals surface area contributed by atoms with Crippen LogP contribution in [-0.4, -0.2) is 32.6 Å². The molecule has 2 rings (SSSR count). The number of nitrogens with one attached hydrogen (secondary N) is 2. The Labute approximate surface area is 153 Å². The molecule has 0 spiro atoms. The molecule has 0 saturated heterocycles. The Morgan fingerprint density at radius 1 is 0.846 bits per heavy atom. The zero-order chi connectivity index (χ0) is 18.8. The fraction of sp³-hybridized carbons (Fsp3) is 0.300. The first-order valence-corrected chi connectivity index (χ1v) is 8.40. The van der Waals surface area contributed by atoms with Crippen molar-refractivity contribution in [2.75, 3.05) is 20.8 Å². The van der Waals surface area contributed by atoms with E-state index in [0.29, 0.717) is 19.5 Å². The van der Waals surface area contributed by atoms with Gasteiger partial charge in [-0.25, -0.2) is 0 Å². The van der Waals surface area contributed by atoms with Crippen LogP contribution in [-0.2, 0) is 22.6 Å². The predicted octanol–water partition coefficient (Wildman–Crippen LogP) is 2.07. The van der Waals surface area contributed by atoms with E-state index in [4.69, 9.17) is 9.47 Å². The summed E-state index contributed by atoms with van der Waals surface area (Å²) in [7, 11) is 3.22. The third kappa shape index (κ3) is 6.47. The Morgan fingerprint density at radius 2 is 1.54 bits per heavy atom. The van der Waals surface area contributed by atoms with Crippen LogP contribution < -0.4 is 20.1 Å². The highest BCUT2D eigenvalue weighted by Crippen LogP contribution is 2.12. The van der Waals surface area contributed by atoms with Crippen molar-refractivity contribution in [1.29, 1.82) is 0 Å². The lowest BCUT2D eigenvalue weighted by molar-refractivity contribution is -0.129. The fourth-order valence-corrected chi connectivity index (χ4v) is 2.39. The van der Waals surface area contributed by atoms with Crippen LogP contribution in [0.15, 0.2) is 48.5 Å². The molecule has 138 valence electrons. The van der Waals surface area contributed by atoms with E-state index >= 15 is 0 Å². The molecule has 0 aliphatic carbocycles. The summed E-state index contributed by atoms with van der Waals surface area (Å²) in [5.74, 6) is 0.946. The van der Waals surface area contributed by atoms with Crippen molar-refractivity contribution in [3.8, 4) is 11.5 Å². The van der Waals surface area contributed by atoms with E-state index < -0.39 is 0 Å². The topological polar surface area (TPSA) is 76.7 Å². The molecule has 0 saturated carbocycles. The maximum absolute atomic E-state index is 11.9. The van der Waals surface area contributed by atoms with Crippen molar-refractivity contribution in [3.63, 3.8) is 0 Å². The Morgan fingerprint density at radius 3 is 2.23 bits per heavy atom. The van der Waals surface area contributed by atoms with Crippen molar-refractivity contribution < 1.29 is 19.1 Å². The second-order valence-corrected chi connectivity index (χ2v) is 5.75. The summed E-state index contributed by atoms with van der Waals surface area (Å²) in [4.78, 5) is 23.7. The summed E-state index contributed by atoms with van der Waals surface area (Å²) in [6.07, 6.45) is 0.491. The number of amides is 2. The summed E-state index contributed by atoms with van der Waals surface area (Å²) < 4.78 is 10.2. The maximum Gasteiger partial charge on any atom is 0.229 e. The van der Waals surface area contributed by atoms with E-state index in [2.05, 4.69) is 10.6 Å². The molecule has 0 aliphatic heterocycles. The Kier molecular flexibility index (Phi) is 7.49. The minimum atomic E-state index is -0.306. The van der Waals surface area contributed by atoms with Gasteiger partial charge in [0.15, 0.2) is 0 Å². The molecule has 0 radical (unpaired) electrons. The molecule has 2 aromatic rings. The number of rotatable bonds is 9. The van der Waals surface area contributed by atoms with E-state index in [1.807, 2.05) is 48.5 Å². The van der Waals surface area contributed by atoms with Gasteiger partial charge in [0.25, 0.3) is 0 Å². The van der Waals surface area contributed by atoms with Crippen molar-refractivity contribution >= 4 is 11.8 Å². The molecule has 0 bridgehead atoms. The average Bonchev–Trinajstić information content (AvgIpc) is 2.67. The Balaban J connectivity index is 1.67. The molecular formula is C20H24N2O4. The van der Waals surface area contributed by atoms with Gasteiger partial charge >= 0.3 is 0 Å². The van der Waals surface area contributed by atoms with Crippen LogP contribution in [0.3, 0.4) is 0 Å². The first kappa shape index (κ1) is 19.3. The minimum Gasteiger partial charge on any atom is -0.497 e. The van der Waals surface area contributed by atoms with Crippen LogP contribution in [0.2, 0.25) is 0 Å². The highest BCUT2D eigenvalue weighted by Gasteiger charge is 2.09. The quantitative estimate of drug-likeness (QED) is 0.675. The van der Waals surface area contributed by atoms with E-state index in [1.54, 1.807) is 14.2 Å². The molecule has 2 amide bonds. The molecule has 2 N–H and O–H groups in total. The lowest BCUT2D eigenvalue weighted by atomic mass is 10.1. The molecule has 6 nitrogen and oxygen atoms in total. The monoisotopic (exact) mass is 356 g/mol. The molecule has 0 aromatic heterocycles. The number of carbonyl (C=O) groups is 2. The van der Waals surface area contributed by atoms with Gasteiger partial charge in [-0.1, -0.05) is 24.3 Å². The van der Waals surface area contributed by atoms with Gasteiger partial charge in [-0.2, -0.15) is 0 Å². The number of hydrogen-bond donors (Lipinski definition) is 2. The van der Waals surface area contributed by atoms with Crippen molar-refractivity contribution in [1.82, 2.24) is 10.6 Å². The maximum atomic E-state index is 11.9. The summed E-state index contributed by atoms with van der Waals surface area (Å²) in [5, 5.41) is 5.49. The predicted molar refractivity (Wildman–Crippen MR) is 99.2 cm³/mol. The summed E-state index contributed by atoms with van der Waals surface area (Å²) in [6, 6.07) is 15.1. The molecule has 6 heteroatoms. The van der Waals surface area contributed by atoms with Gasteiger partial charge in [0.1, 0.15) is 17.9 Å². The SMILES string of the molecule is COc1ccc(CNC(=O)CC(=O)NCCc2cccc(OC)c2)cc1. The molecule has 0 heterocycles. The first-order valence-electron chi connectivity index (χ1n) is 8.40. The van der Waals surface area contributed by atoms with Crippen molar-refractivity contribution in [3.05, 3.63) is 59.7 Å². The average molecular weight is 356 g/mol. The molecule has 0 fully saturated rings. The Hall–Kier alpha value is -3.02. The highest BCUT2D eigenvalue weighted by molar-refractivity contribution is 5.96. The van der Waals surface area contributed by atoms with Gasteiger partial charge in [-0.15, -0.1) is 0 Å². The van der Waals surface area contributed by atoms with E-state index in [1.165, 1.54) is 0 Å². The summed E-state index contributed by atoms with van der Waals surface area (Å²) in [6.45, 7) is 0.845. The standard InChI is InChI=1S/C20H24N2O4/c1-25-17-8-6-16(7-9-17)14-22-20(24)13-19(23)21-11-10-15-4-3-5-18(12-15)26-2/h3-9,12H,10-11,13-14H2,1-2H3,(H,21,23)(H,22,24). The third-order valence-corrected chi connectivity index (χ3v) is 3.84. The normalized spacial score (nSPS) is 10.1. The van der Waals surface area contributed by atoms with Gasteiger partial charge in [0.05, 0.1) is 14.2 Å². The molecule has 26 heavy (non-hydrogen) atoms. The zero-order valence-electron chi connectivity index (χ0n) is 15.1. The fourth-order valence-electron chi connectivity index (χ4n) is 2.39. The van der Waals surface area contributed by atoms with Crippen molar-refractivity contribution in [2.24, 2.45) is 0 Å². The molecular weight excluding hydrogens is 332 g/mol. The van der Waals surface area contributed by atoms with Gasteiger partial charge in [0, 0.05) is 13.1 Å². The van der Waals surface area contributed by atoms with Gasteiger partial charge in [0.2, 0.25) is 11.8 Å². The molecule has 2 aromatic carbocycles. The summed E-state index contributed by atoms with van der Waals surface area (Å²) in [5.41, 5.74) is 2.01.